The molecule has 1 aromatic heterocycles. The van der Waals surface area contributed by atoms with Crippen LogP contribution in [0.25, 0.3) is 10.9 Å². The zero-order chi connectivity index (χ0) is 19.4. The van der Waals surface area contributed by atoms with Crippen molar-refractivity contribution in [3.8, 4) is 0 Å². The van der Waals surface area contributed by atoms with Crippen LogP contribution >= 0.6 is 0 Å². The molecule has 1 heterocycles. The molecule has 0 unspecified atom stereocenters. The lowest BCUT2D eigenvalue weighted by atomic mass is 10.1. The molecule has 0 radical (unpaired) electrons. The fourth-order valence-corrected chi connectivity index (χ4v) is 2.94. The lowest BCUT2D eigenvalue weighted by molar-refractivity contribution is -0.137. The third kappa shape index (κ3) is 4.87. The quantitative estimate of drug-likeness (QED) is 0.604. The summed E-state index contributed by atoms with van der Waals surface area (Å²) < 4.78 is 51.4. The van der Waals surface area contributed by atoms with Crippen LogP contribution in [0.4, 0.5) is 17.6 Å². The molecule has 0 bridgehead atoms. The average Bonchev–Trinajstić information content (AvgIpc) is 3.02. The SMILES string of the molecule is O=C(CCc1cccc(C(F)(F)F)c1)NCCc1c[nH]c2ccc(F)cc12. The van der Waals surface area contributed by atoms with Gasteiger partial charge in [0.1, 0.15) is 5.82 Å². The second-order valence-corrected chi connectivity index (χ2v) is 6.30. The average molecular weight is 378 g/mol. The Morgan fingerprint density at radius 1 is 1.07 bits per heavy atom. The minimum Gasteiger partial charge on any atom is -0.361 e. The Bertz CT molecular complexity index is 947. The Kier molecular flexibility index (Phi) is 5.48. The van der Waals surface area contributed by atoms with E-state index in [1.54, 1.807) is 18.3 Å². The topological polar surface area (TPSA) is 44.9 Å². The second-order valence-electron chi connectivity index (χ2n) is 6.30. The van der Waals surface area contributed by atoms with E-state index in [9.17, 15) is 22.4 Å². The molecule has 7 heteroatoms. The van der Waals surface area contributed by atoms with Crippen molar-refractivity contribution < 1.29 is 22.4 Å². The molecule has 0 saturated heterocycles. The van der Waals surface area contributed by atoms with E-state index in [1.165, 1.54) is 18.2 Å². The number of H-pyrrole nitrogens is 1. The van der Waals surface area contributed by atoms with Gasteiger partial charge < -0.3 is 10.3 Å². The monoisotopic (exact) mass is 378 g/mol. The highest BCUT2D eigenvalue weighted by Gasteiger charge is 2.30. The summed E-state index contributed by atoms with van der Waals surface area (Å²) in [6.45, 7) is 0.366. The number of alkyl halides is 3. The number of aromatic amines is 1. The summed E-state index contributed by atoms with van der Waals surface area (Å²) in [6.07, 6.45) is -1.76. The van der Waals surface area contributed by atoms with Crippen LogP contribution in [0.1, 0.15) is 23.1 Å². The number of amides is 1. The first-order valence-electron chi connectivity index (χ1n) is 8.51. The van der Waals surface area contributed by atoms with E-state index in [0.717, 1.165) is 28.6 Å². The zero-order valence-electron chi connectivity index (χ0n) is 14.4. The van der Waals surface area contributed by atoms with E-state index in [-0.39, 0.29) is 24.6 Å². The highest BCUT2D eigenvalue weighted by Crippen LogP contribution is 2.29. The van der Waals surface area contributed by atoms with Gasteiger partial charge in [-0.2, -0.15) is 13.2 Å². The summed E-state index contributed by atoms with van der Waals surface area (Å²) in [6, 6.07) is 9.45. The maximum Gasteiger partial charge on any atom is 0.416 e. The van der Waals surface area contributed by atoms with E-state index in [2.05, 4.69) is 10.3 Å². The van der Waals surface area contributed by atoms with E-state index in [0.29, 0.717) is 18.5 Å². The molecule has 3 rings (SSSR count). The number of aromatic nitrogens is 1. The number of carbonyl (C=O) groups is 1. The van der Waals surface area contributed by atoms with Crippen LogP contribution in [0.15, 0.2) is 48.7 Å². The minimum atomic E-state index is -4.39. The van der Waals surface area contributed by atoms with Gasteiger partial charge in [0.15, 0.2) is 0 Å². The Morgan fingerprint density at radius 2 is 1.89 bits per heavy atom. The van der Waals surface area contributed by atoms with Crippen molar-refractivity contribution in [2.45, 2.75) is 25.4 Å². The van der Waals surface area contributed by atoms with Crippen LogP contribution in [0, 0.1) is 5.82 Å². The highest BCUT2D eigenvalue weighted by atomic mass is 19.4. The van der Waals surface area contributed by atoms with Crippen molar-refractivity contribution in [2.75, 3.05) is 6.54 Å². The summed E-state index contributed by atoms with van der Waals surface area (Å²) >= 11 is 0. The van der Waals surface area contributed by atoms with Gasteiger partial charge in [0.2, 0.25) is 5.91 Å². The summed E-state index contributed by atoms with van der Waals surface area (Å²) in [7, 11) is 0. The van der Waals surface area contributed by atoms with Gasteiger partial charge >= 0.3 is 6.18 Å². The minimum absolute atomic E-state index is 0.101. The van der Waals surface area contributed by atoms with E-state index < -0.39 is 11.7 Å². The molecule has 142 valence electrons. The van der Waals surface area contributed by atoms with Crippen molar-refractivity contribution in [3.05, 3.63) is 71.2 Å². The van der Waals surface area contributed by atoms with Crippen LogP contribution < -0.4 is 5.32 Å². The number of aryl methyl sites for hydroxylation is 1. The summed E-state index contributed by atoms with van der Waals surface area (Å²) in [5.41, 5.74) is 1.46. The number of halogens is 4. The summed E-state index contributed by atoms with van der Waals surface area (Å²) in [4.78, 5) is 15.0. The summed E-state index contributed by atoms with van der Waals surface area (Å²) in [5.74, 6) is -0.563. The van der Waals surface area contributed by atoms with Crippen LogP contribution in [0.5, 0.6) is 0 Å². The molecule has 0 spiro atoms. The van der Waals surface area contributed by atoms with Gasteiger partial charge in [-0.05, 0) is 48.2 Å². The lowest BCUT2D eigenvalue weighted by Crippen LogP contribution is -2.25. The number of rotatable bonds is 6. The van der Waals surface area contributed by atoms with Gasteiger partial charge in [0.05, 0.1) is 5.56 Å². The first kappa shape index (κ1) is 18.9. The van der Waals surface area contributed by atoms with Crippen molar-refractivity contribution in [2.24, 2.45) is 0 Å². The zero-order valence-corrected chi connectivity index (χ0v) is 14.4. The fraction of sp³-hybridized carbons (Fsp3) is 0.250. The number of carbonyl (C=O) groups excluding carboxylic acids is 1. The maximum atomic E-state index is 13.4. The first-order chi connectivity index (χ1) is 12.8. The molecule has 0 aliphatic heterocycles. The van der Waals surface area contributed by atoms with Crippen molar-refractivity contribution in [3.63, 3.8) is 0 Å². The molecule has 3 aromatic rings. The maximum absolute atomic E-state index is 13.4. The Morgan fingerprint density at radius 3 is 2.67 bits per heavy atom. The predicted octanol–water partition coefficient (Wildman–Crippen LogP) is 4.62. The van der Waals surface area contributed by atoms with Crippen LogP contribution in [0.3, 0.4) is 0 Å². The number of fused-ring (bicyclic) bond motifs is 1. The van der Waals surface area contributed by atoms with Gasteiger partial charge in [-0.1, -0.05) is 18.2 Å². The molecule has 27 heavy (non-hydrogen) atoms. The number of hydrogen-bond acceptors (Lipinski definition) is 1. The molecule has 3 nitrogen and oxygen atoms in total. The standard InChI is InChI=1S/C20H18F4N2O/c21-16-5-6-18-17(11-16)14(12-26-18)8-9-25-19(27)7-4-13-2-1-3-15(10-13)20(22,23)24/h1-3,5-6,10-12,26H,4,7-9H2,(H,25,27). The fourth-order valence-electron chi connectivity index (χ4n) is 2.94. The Labute approximate surface area is 153 Å². The second kappa shape index (κ2) is 7.82. The van der Waals surface area contributed by atoms with E-state index in [1.807, 2.05) is 0 Å². The summed E-state index contributed by atoms with van der Waals surface area (Å²) in [5, 5.41) is 3.52. The van der Waals surface area contributed by atoms with E-state index >= 15 is 0 Å². The first-order valence-corrected chi connectivity index (χ1v) is 8.51. The molecular formula is C20H18F4N2O. The van der Waals surface area contributed by atoms with E-state index in [4.69, 9.17) is 0 Å². The lowest BCUT2D eigenvalue weighted by Gasteiger charge is -2.09. The molecule has 0 aliphatic rings. The van der Waals surface area contributed by atoms with Gasteiger partial charge in [-0.15, -0.1) is 0 Å². The van der Waals surface area contributed by atoms with Gasteiger partial charge in [0, 0.05) is 30.1 Å². The van der Waals surface area contributed by atoms with Gasteiger partial charge in [-0.25, -0.2) is 4.39 Å². The third-order valence-electron chi connectivity index (χ3n) is 4.34. The highest BCUT2D eigenvalue weighted by molar-refractivity contribution is 5.83. The molecule has 1 amide bonds. The smallest absolute Gasteiger partial charge is 0.361 e. The molecule has 0 atom stereocenters. The molecular weight excluding hydrogens is 360 g/mol. The molecule has 0 saturated carbocycles. The Balaban J connectivity index is 1.49. The van der Waals surface area contributed by atoms with Crippen LogP contribution in [0.2, 0.25) is 0 Å². The van der Waals surface area contributed by atoms with Crippen LogP contribution in [-0.2, 0) is 23.8 Å². The largest absolute Gasteiger partial charge is 0.416 e. The van der Waals surface area contributed by atoms with Gasteiger partial charge in [-0.3, -0.25) is 4.79 Å². The predicted molar refractivity (Wildman–Crippen MR) is 94.7 cm³/mol. The number of nitrogens with one attached hydrogen (secondary N) is 2. The third-order valence-corrected chi connectivity index (χ3v) is 4.34. The normalized spacial score (nSPS) is 11.7. The van der Waals surface area contributed by atoms with Gasteiger partial charge in [0.25, 0.3) is 0 Å². The molecule has 2 N–H and O–H groups in total. The number of hydrogen-bond donors (Lipinski definition) is 2. The Hall–Kier alpha value is -2.83. The van der Waals surface area contributed by atoms with Crippen molar-refractivity contribution in [1.29, 1.82) is 0 Å². The molecule has 0 aliphatic carbocycles. The van der Waals surface area contributed by atoms with Crippen molar-refractivity contribution >= 4 is 16.8 Å². The van der Waals surface area contributed by atoms with Crippen LogP contribution in [-0.4, -0.2) is 17.4 Å². The molecule has 0 fully saturated rings. The molecule has 2 aromatic carbocycles. The number of benzene rings is 2. The van der Waals surface area contributed by atoms with Crippen molar-refractivity contribution in [1.82, 2.24) is 10.3 Å².